The molecule has 1 aromatic heterocycles. The molecule has 1 N–H and O–H groups in total. The minimum Gasteiger partial charge on any atom is -0.354 e. The van der Waals surface area contributed by atoms with E-state index in [1.807, 2.05) is 41.1 Å². The van der Waals surface area contributed by atoms with Crippen LogP contribution in [0.3, 0.4) is 0 Å². The lowest BCUT2D eigenvalue weighted by molar-refractivity contribution is -0.125. The minimum absolute atomic E-state index is 0.0939. The molecule has 0 saturated carbocycles. The van der Waals surface area contributed by atoms with Crippen LogP contribution in [0.15, 0.2) is 42.7 Å². The zero-order valence-electron chi connectivity index (χ0n) is 10.0. The van der Waals surface area contributed by atoms with Gasteiger partial charge in [0, 0.05) is 24.5 Å². The second kappa shape index (κ2) is 4.64. The van der Waals surface area contributed by atoms with Gasteiger partial charge in [-0.15, -0.1) is 0 Å². The van der Waals surface area contributed by atoms with Crippen molar-refractivity contribution in [3.8, 4) is 11.4 Å². The van der Waals surface area contributed by atoms with E-state index in [-0.39, 0.29) is 11.9 Å². The fourth-order valence-corrected chi connectivity index (χ4v) is 2.40. The number of hydrogen-bond donors (Lipinski definition) is 1. The summed E-state index contributed by atoms with van der Waals surface area (Å²) in [5.41, 5.74) is 1.04. The highest BCUT2D eigenvalue weighted by Gasteiger charge is 2.25. The lowest BCUT2D eigenvalue weighted by Gasteiger charge is -2.24. The monoisotopic (exact) mass is 241 g/mol. The number of carbonyl (C=O) groups excluding carboxylic acids is 1. The Labute approximate surface area is 106 Å². The maximum Gasteiger partial charge on any atom is 0.243 e. The smallest absolute Gasteiger partial charge is 0.243 e. The molecular weight excluding hydrogens is 226 g/mol. The maximum atomic E-state index is 11.9. The third kappa shape index (κ3) is 1.90. The lowest BCUT2D eigenvalue weighted by atomic mass is 10.1. The van der Waals surface area contributed by atoms with Crippen LogP contribution in [-0.4, -0.2) is 22.0 Å². The van der Waals surface area contributed by atoms with E-state index in [4.69, 9.17) is 0 Å². The van der Waals surface area contributed by atoms with E-state index < -0.39 is 0 Å². The molecule has 1 aliphatic rings. The van der Waals surface area contributed by atoms with Crippen LogP contribution < -0.4 is 5.32 Å². The highest BCUT2D eigenvalue weighted by molar-refractivity contribution is 5.81. The molecule has 2 aromatic rings. The van der Waals surface area contributed by atoms with Crippen molar-refractivity contribution in [2.24, 2.45) is 0 Å². The third-order valence-corrected chi connectivity index (χ3v) is 3.29. The average Bonchev–Trinajstić information content (AvgIpc) is 2.89. The topological polar surface area (TPSA) is 46.9 Å². The van der Waals surface area contributed by atoms with Crippen LogP contribution in [0.5, 0.6) is 0 Å². The van der Waals surface area contributed by atoms with E-state index in [9.17, 15) is 4.79 Å². The van der Waals surface area contributed by atoms with Gasteiger partial charge in [0.1, 0.15) is 11.9 Å². The molecule has 1 aromatic carbocycles. The van der Waals surface area contributed by atoms with Crippen LogP contribution in [0.2, 0.25) is 0 Å². The first-order chi connectivity index (χ1) is 8.86. The van der Waals surface area contributed by atoms with Gasteiger partial charge in [0.05, 0.1) is 0 Å². The standard InChI is InChI=1S/C14H15N3O/c18-14-12(7-4-8-16-14)17-10-9-15-13(17)11-5-2-1-3-6-11/h1-3,5-6,9-10,12H,4,7-8H2,(H,16,18). The number of piperidine rings is 1. The van der Waals surface area contributed by atoms with Gasteiger partial charge in [-0.25, -0.2) is 4.98 Å². The fourth-order valence-electron chi connectivity index (χ4n) is 2.40. The van der Waals surface area contributed by atoms with Crippen LogP contribution >= 0.6 is 0 Å². The number of benzene rings is 1. The Morgan fingerprint density at radius 2 is 2.11 bits per heavy atom. The highest BCUT2D eigenvalue weighted by atomic mass is 16.2. The number of hydrogen-bond acceptors (Lipinski definition) is 2. The first-order valence-corrected chi connectivity index (χ1v) is 6.22. The van der Waals surface area contributed by atoms with Gasteiger partial charge in [0.2, 0.25) is 5.91 Å². The molecule has 3 rings (SSSR count). The Morgan fingerprint density at radius 3 is 2.89 bits per heavy atom. The summed E-state index contributed by atoms with van der Waals surface area (Å²) in [6.07, 6.45) is 5.53. The molecule has 1 amide bonds. The van der Waals surface area contributed by atoms with Gasteiger partial charge in [-0.1, -0.05) is 30.3 Å². The zero-order valence-corrected chi connectivity index (χ0v) is 10.0. The van der Waals surface area contributed by atoms with E-state index in [1.54, 1.807) is 6.20 Å². The molecule has 0 radical (unpaired) electrons. The predicted molar refractivity (Wildman–Crippen MR) is 68.9 cm³/mol. The Bertz CT molecular complexity index is 547. The fraction of sp³-hybridized carbons (Fsp3) is 0.286. The van der Waals surface area contributed by atoms with Gasteiger partial charge in [-0.3, -0.25) is 4.79 Å². The molecule has 0 bridgehead atoms. The summed E-state index contributed by atoms with van der Waals surface area (Å²) in [5.74, 6) is 0.953. The summed E-state index contributed by atoms with van der Waals surface area (Å²) in [7, 11) is 0. The van der Waals surface area contributed by atoms with Crippen LogP contribution in [0.25, 0.3) is 11.4 Å². The molecule has 18 heavy (non-hydrogen) atoms. The molecule has 92 valence electrons. The second-order valence-electron chi connectivity index (χ2n) is 4.47. The Kier molecular flexibility index (Phi) is 2.84. The summed E-state index contributed by atoms with van der Waals surface area (Å²) in [6, 6.07) is 9.84. The number of imidazole rings is 1. The number of rotatable bonds is 2. The van der Waals surface area contributed by atoms with Crippen molar-refractivity contribution in [3.63, 3.8) is 0 Å². The van der Waals surface area contributed by atoms with Gasteiger partial charge in [-0.05, 0) is 12.8 Å². The molecule has 0 aliphatic carbocycles. The van der Waals surface area contributed by atoms with Gasteiger partial charge in [0.15, 0.2) is 0 Å². The first-order valence-electron chi connectivity index (χ1n) is 6.22. The van der Waals surface area contributed by atoms with Crippen LogP contribution in [0.1, 0.15) is 18.9 Å². The van der Waals surface area contributed by atoms with E-state index in [0.29, 0.717) is 0 Å². The van der Waals surface area contributed by atoms with Gasteiger partial charge < -0.3 is 9.88 Å². The number of amides is 1. The van der Waals surface area contributed by atoms with Crippen molar-refractivity contribution < 1.29 is 4.79 Å². The molecule has 1 atom stereocenters. The summed E-state index contributed by atoms with van der Waals surface area (Å²) < 4.78 is 1.98. The largest absolute Gasteiger partial charge is 0.354 e. The first kappa shape index (κ1) is 11.0. The number of carbonyl (C=O) groups is 1. The Balaban J connectivity index is 1.99. The molecular formula is C14H15N3O. The van der Waals surface area contributed by atoms with Crippen LogP contribution in [-0.2, 0) is 4.79 Å². The normalized spacial score (nSPS) is 19.6. The van der Waals surface area contributed by atoms with E-state index in [1.165, 1.54) is 0 Å². The van der Waals surface area contributed by atoms with E-state index in [2.05, 4.69) is 10.3 Å². The third-order valence-electron chi connectivity index (χ3n) is 3.29. The van der Waals surface area contributed by atoms with Crippen molar-refractivity contribution in [2.45, 2.75) is 18.9 Å². The van der Waals surface area contributed by atoms with Crippen molar-refractivity contribution in [1.29, 1.82) is 0 Å². The summed E-state index contributed by atoms with van der Waals surface area (Å²) >= 11 is 0. The number of aromatic nitrogens is 2. The summed E-state index contributed by atoms with van der Waals surface area (Å²) in [4.78, 5) is 16.3. The quantitative estimate of drug-likeness (QED) is 0.874. The van der Waals surface area contributed by atoms with E-state index in [0.717, 1.165) is 30.8 Å². The van der Waals surface area contributed by atoms with Crippen LogP contribution in [0.4, 0.5) is 0 Å². The maximum absolute atomic E-state index is 11.9. The number of nitrogens with one attached hydrogen (secondary N) is 1. The molecule has 1 aliphatic heterocycles. The molecule has 1 fully saturated rings. The Morgan fingerprint density at radius 1 is 1.28 bits per heavy atom. The van der Waals surface area contributed by atoms with Crippen molar-refractivity contribution in [2.75, 3.05) is 6.54 Å². The lowest BCUT2D eigenvalue weighted by Crippen LogP contribution is -2.37. The van der Waals surface area contributed by atoms with Crippen molar-refractivity contribution in [3.05, 3.63) is 42.7 Å². The summed E-state index contributed by atoms with van der Waals surface area (Å²) in [6.45, 7) is 0.782. The molecule has 2 heterocycles. The van der Waals surface area contributed by atoms with Crippen molar-refractivity contribution in [1.82, 2.24) is 14.9 Å². The van der Waals surface area contributed by atoms with Gasteiger partial charge >= 0.3 is 0 Å². The number of nitrogens with zero attached hydrogens (tertiary/aromatic N) is 2. The predicted octanol–water partition coefficient (Wildman–Crippen LogP) is 2.00. The SMILES string of the molecule is O=C1NCCCC1n1ccnc1-c1ccccc1. The molecule has 4 nitrogen and oxygen atoms in total. The highest BCUT2D eigenvalue weighted by Crippen LogP contribution is 2.25. The van der Waals surface area contributed by atoms with Crippen molar-refractivity contribution >= 4 is 5.91 Å². The van der Waals surface area contributed by atoms with Gasteiger partial charge in [0.25, 0.3) is 0 Å². The van der Waals surface area contributed by atoms with Gasteiger partial charge in [-0.2, -0.15) is 0 Å². The molecule has 4 heteroatoms. The minimum atomic E-state index is -0.128. The summed E-state index contributed by atoms with van der Waals surface area (Å²) in [5, 5.41) is 2.91. The zero-order chi connectivity index (χ0) is 12.4. The molecule has 0 spiro atoms. The molecule has 1 saturated heterocycles. The second-order valence-corrected chi connectivity index (χ2v) is 4.47. The van der Waals surface area contributed by atoms with E-state index >= 15 is 0 Å². The Hall–Kier alpha value is -2.10. The average molecular weight is 241 g/mol. The molecule has 1 unspecified atom stereocenters. The van der Waals surface area contributed by atoms with Crippen LogP contribution in [0, 0.1) is 0 Å².